The third-order valence-corrected chi connectivity index (χ3v) is 5.27. The highest BCUT2D eigenvalue weighted by molar-refractivity contribution is 7.91. The fraction of sp³-hybridized carbons (Fsp3) is 0.818. The topological polar surface area (TPSA) is 68.1 Å². The molecule has 0 aliphatic carbocycles. The summed E-state index contributed by atoms with van der Waals surface area (Å²) in [5, 5.41) is 4.12. The van der Waals surface area contributed by atoms with Crippen molar-refractivity contribution in [1.29, 1.82) is 0 Å². The lowest BCUT2D eigenvalue weighted by atomic mass is 10.2. The van der Waals surface area contributed by atoms with Gasteiger partial charge in [0.2, 0.25) is 0 Å². The summed E-state index contributed by atoms with van der Waals surface area (Å²) in [6.07, 6.45) is 3.12. The van der Waals surface area contributed by atoms with Crippen molar-refractivity contribution in [2.75, 3.05) is 25.1 Å². The molecule has 0 saturated carbocycles. The molecule has 1 aromatic heterocycles. The first-order chi connectivity index (χ1) is 8.52. The SMILES string of the molecule is CCn1ncnc1CCN(C)C1CCS(=O)(=O)C1. The van der Waals surface area contributed by atoms with Gasteiger partial charge in [-0.15, -0.1) is 0 Å². The van der Waals surface area contributed by atoms with Gasteiger partial charge in [-0.25, -0.2) is 13.4 Å². The number of hydrogen-bond donors (Lipinski definition) is 0. The lowest BCUT2D eigenvalue weighted by molar-refractivity contribution is 0.262. The van der Waals surface area contributed by atoms with Gasteiger partial charge in [0, 0.05) is 25.6 Å². The second-order valence-corrected chi connectivity index (χ2v) is 7.01. The largest absolute Gasteiger partial charge is 0.302 e. The summed E-state index contributed by atoms with van der Waals surface area (Å²) in [6.45, 7) is 3.67. The van der Waals surface area contributed by atoms with Crippen molar-refractivity contribution in [3.63, 3.8) is 0 Å². The van der Waals surface area contributed by atoms with Gasteiger partial charge in [0.1, 0.15) is 12.2 Å². The van der Waals surface area contributed by atoms with Gasteiger partial charge in [0.05, 0.1) is 11.5 Å². The first-order valence-corrected chi connectivity index (χ1v) is 8.11. The minimum absolute atomic E-state index is 0.160. The Bertz CT molecular complexity index is 497. The predicted molar refractivity (Wildman–Crippen MR) is 69.1 cm³/mol. The molecule has 2 rings (SSSR count). The van der Waals surface area contributed by atoms with Gasteiger partial charge in [0.25, 0.3) is 0 Å². The van der Waals surface area contributed by atoms with Crippen LogP contribution in [0.25, 0.3) is 0 Å². The molecule has 2 heterocycles. The molecule has 1 aliphatic rings. The van der Waals surface area contributed by atoms with Gasteiger partial charge >= 0.3 is 0 Å². The summed E-state index contributed by atoms with van der Waals surface area (Å²) in [7, 11) is -0.816. The molecule has 0 bridgehead atoms. The van der Waals surface area contributed by atoms with Crippen LogP contribution in [0.1, 0.15) is 19.2 Å². The van der Waals surface area contributed by atoms with Gasteiger partial charge in [-0.1, -0.05) is 0 Å². The van der Waals surface area contributed by atoms with Crippen molar-refractivity contribution in [1.82, 2.24) is 19.7 Å². The van der Waals surface area contributed by atoms with E-state index in [2.05, 4.69) is 15.0 Å². The monoisotopic (exact) mass is 272 g/mol. The molecule has 1 atom stereocenters. The normalized spacial score (nSPS) is 22.7. The van der Waals surface area contributed by atoms with Crippen LogP contribution in [0.15, 0.2) is 6.33 Å². The van der Waals surface area contributed by atoms with Crippen molar-refractivity contribution >= 4 is 9.84 Å². The van der Waals surface area contributed by atoms with Crippen LogP contribution in [-0.4, -0.2) is 59.2 Å². The smallest absolute Gasteiger partial charge is 0.151 e. The molecule has 1 aliphatic heterocycles. The number of sulfone groups is 1. The van der Waals surface area contributed by atoms with Crippen molar-refractivity contribution in [2.45, 2.75) is 32.4 Å². The van der Waals surface area contributed by atoms with Crippen molar-refractivity contribution < 1.29 is 8.42 Å². The molecule has 0 spiro atoms. The Morgan fingerprint density at radius 3 is 2.94 bits per heavy atom. The highest BCUT2D eigenvalue weighted by Gasteiger charge is 2.30. The predicted octanol–water partition coefficient (Wildman–Crippen LogP) is -0.0406. The number of likely N-dealkylation sites (N-methyl/N-ethyl adjacent to an activating group) is 1. The maximum Gasteiger partial charge on any atom is 0.151 e. The third-order valence-electron chi connectivity index (χ3n) is 3.52. The Balaban J connectivity index is 1.87. The lowest BCUT2D eigenvalue weighted by Crippen LogP contribution is -2.34. The van der Waals surface area contributed by atoms with E-state index < -0.39 is 9.84 Å². The molecule has 6 nitrogen and oxygen atoms in total. The van der Waals surface area contributed by atoms with Crippen LogP contribution >= 0.6 is 0 Å². The van der Waals surface area contributed by atoms with E-state index in [1.54, 1.807) is 6.33 Å². The zero-order valence-electron chi connectivity index (χ0n) is 10.9. The number of rotatable bonds is 5. The highest BCUT2D eigenvalue weighted by atomic mass is 32.2. The van der Waals surface area contributed by atoms with Crippen LogP contribution in [0.3, 0.4) is 0 Å². The van der Waals surface area contributed by atoms with Crippen LogP contribution in [0, 0.1) is 0 Å². The minimum atomic E-state index is -2.80. The maximum absolute atomic E-state index is 11.4. The summed E-state index contributed by atoms with van der Waals surface area (Å²) >= 11 is 0. The van der Waals surface area contributed by atoms with Crippen molar-refractivity contribution in [2.24, 2.45) is 0 Å². The average Bonchev–Trinajstić information content (AvgIpc) is 2.91. The molecular weight excluding hydrogens is 252 g/mol. The average molecular weight is 272 g/mol. The van der Waals surface area contributed by atoms with Gasteiger partial charge in [-0.05, 0) is 20.4 Å². The third kappa shape index (κ3) is 3.08. The van der Waals surface area contributed by atoms with E-state index in [0.29, 0.717) is 11.5 Å². The second kappa shape index (κ2) is 5.36. The zero-order valence-corrected chi connectivity index (χ0v) is 11.7. The molecule has 1 fully saturated rings. The Labute approximate surface area is 108 Å². The van der Waals surface area contributed by atoms with E-state index in [1.165, 1.54) is 0 Å². The Kier molecular flexibility index (Phi) is 4.01. The standard InChI is InChI=1S/C11H20N4O2S/c1-3-15-11(12-9-13-15)4-6-14(2)10-5-7-18(16,17)8-10/h9-10H,3-8H2,1-2H3. The van der Waals surface area contributed by atoms with E-state index in [-0.39, 0.29) is 6.04 Å². The fourth-order valence-corrected chi connectivity index (χ4v) is 4.13. The molecule has 1 saturated heterocycles. The van der Waals surface area contributed by atoms with Gasteiger partial charge < -0.3 is 4.90 Å². The molecule has 1 unspecified atom stereocenters. The van der Waals surface area contributed by atoms with Crippen LogP contribution in [0.5, 0.6) is 0 Å². The molecule has 0 aromatic carbocycles. The first kappa shape index (κ1) is 13.5. The van der Waals surface area contributed by atoms with Crippen molar-refractivity contribution in [3.8, 4) is 0 Å². The molecular formula is C11H20N4O2S. The summed E-state index contributed by atoms with van der Waals surface area (Å²) in [5.41, 5.74) is 0. The summed E-state index contributed by atoms with van der Waals surface area (Å²) in [4.78, 5) is 6.35. The fourth-order valence-electron chi connectivity index (χ4n) is 2.33. The summed E-state index contributed by atoms with van der Waals surface area (Å²) < 4.78 is 24.7. The van der Waals surface area contributed by atoms with Crippen LogP contribution < -0.4 is 0 Å². The summed E-state index contributed by atoms with van der Waals surface area (Å²) in [6, 6.07) is 0.160. The van der Waals surface area contributed by atoms with E-state index in [9.17, 15) is 8.42 Å². The molecule has 0 radical (unpaired) electrons. The van der Waals surface area contributed by atoms with Gasteiger partial charge in [-0.3, -0.25) is 4.68 Å². The maximum atomic E-state index is 11.4. The summed E-state index contributed by atoms with van der Waals surface area (Å²) in [5.74, 6) is 1.59. The van der Waals surface area contributed by atoms with Gasteiger partial charge in [0.15, 0.2) is 9.84 Å². The minimum Gasteiger partial charge on any atom is -0.302 e. The number of aromatic nitrogens is 3. The van der Waals surface area contributed by atoms with Crippen molar-refractivity contribution in [3.05, 3.63) is 12.2 Å². The highest BCUT2D eigenvalue weighted by Crippen LogP contribution is 2.16. The van der Waals surface area contributed by atoms with Gasteiger partial charge in [-0.2, -0.15) is 5.10 Å². The second-order valence-electron chi connectivity index (χ2n) is 4.78. The molecule has 18 heavy (non-hydrogen) atoms. The lowest BCUT2D eigenvalue weighted by Gasteiger charge is -2.22. The van der Waals surface area contributed by atoms with E-state index in [0.717, 1.165) is 31.8 Å². The van der Waals surface area contributed by atoms with Crippen LogP contribution in [0.4, 0.5) is 0 Å². The molecule has 7 heteroatoms. The molecule has 1 aromatic rings. The van der Waals surface area contributed by atoms with E-state index in [1.807, 2.05) is 18.7 Å². The molecule has 0 N–H and O–H groups in total. The molecule has 0 amide bonds. The Hall–Kier alpha value is -0.950. The zero-order chi connectivity index (χ0) is 13.2. The van der Waals surface area contributed by atoms with E-state index in [4.69, 9.17) is 0 Å². The first-order valence-electron chi connectivity index (χ1n) is 6.29. The number of nitrogens with zero attached hydrogens (tertiary/aromatic N) is 4. The Morgan fingerprint density at radius 2 is 2.33 bits per heavy atom. The van der Waals surface area contributed by atoms with Crippen LogP contribution in [-0.2, 0) is 22.8 Å². The van der Waals surface area contributed by atoms with Crippen LogP contribution in [0.2, 0.25) is 0 Å². The van der Waals surface area contributed by atoms with E-state index >= 15 is 0 Å². The number of hydrogen-bond acceptors (Lipinski definition) is 5. The molecule has 102 valence electrons. The number of aryl methyl sites for hydroxylation is 1. The quantitative estimate of drug-likeness (QED) is 0.752. The Morgan fingerprint density at radius 1 is 1.56 bits per heavy atom.